The van der Waals surface area contributed by atoms with Gasteiger partial charge in [-0.1, -0.05) is 29.5 Å². The molecule has 0 unspecified atom stereocenters. The van der Waals surface area contributed by atoms with Gasteiger partial charge in [-0.2, -0.15) is 4.68 Å². The molecule has 22 heavy (non-hydrogen) atoms. The van der Waals surface area contributed by atoms with Crippen LogP contribution < -0.4 is 5.56 Å². The molecule has 0 saturated heterocycles. The predicted octanol–water partition coefficient (Wildman–Crippen LogP) is 2.02. The molecule has 0 spiro atoms. The van der Waals surface area contributed by atoms with Gasteiger partial charge in [0.05, 0.1) is 12.1 Å². The molecule has 0 atom stereocenters. The Hall–Kier alpha value is -2.60. The van der Waals surface area contributed by atoms with Crippen LogP contribution in [0.25, 0.3) is 10.9 Å². The van der Waals surface area contributed by atoms with Crippen molar-refractivity contribution in [3.63, 3.8) is 0 Å². The number of fused-ring (bicyclic) bond motifs is 1. The minimum Gasteiger partial charge on any atom is -0.283 e. The maximum atomic E-state index is 13.2. The summed E-state index contributed by atoms with van der Waals surface area (Å²) in [6.45, 7) is 0.798. The van der Waals surface area contributed by atoms with Crippen molar-refractivity contribution in [3.05, 3.63) is 70.3 Å². The second kappa shape index (κ2) is 6.03. The third-order valence-electron chi connectivity index (χ3n) is 3.35. The molecule has 0 radical (unpaired) electrons. The van der Waals surface area contributed by atoms with Gasteiger partial charge in [-0.05, 0) is 36.9 Å². The van der Waals surface area contributed by atoms with Crippen LogP contribution in [0.15, 0.2) is 53.3 Å². The fourth-order valence-electron chi connectivity index (χ4n) is 2.34. The van der Waals surface area contributed by atoms with E-state index in [9.17, 15) is 9.18 Å². The number of halogens is 1. The molecule has 0 amide bonds. The van der Waals surface area contributed by atoms with E-state index in [2.05, 4.69) is 10.3 Å². The smallest absolute Gasteiger partial charge is 0.278 e. The average molecular weight is 298 g/mol. The summed E-state index contributed by atoms with van der Waals surface area (Å²) in [7, 11) is 1.84. The Bertz CT molecular complexity index is 862. The molecule has 0 N–H and O–H groups in total. The minimum absolute atomic E-state index is 0.184. The molecule has 5 nitrogen and oxygen atoms in total. The number of nitrogens with zero attached hydrogens (tertiary/aromatic N) is 4. The molecule has 3 rings (SSSR count). The van der Waals surface area contributed by atoms with Crippen LogP contribution in [-0.4, -0.2) is 26.9 Å². The quantitative estimate of drug-likeness (QED) is 0.739. The summed E-state index contributed by atoms with van der Waals surface area (Å²) in [5.41, 5.74) is 1.23. The Morgan fingerprint density at radius 3 is 2.82 bits per heavy atom. The highest BCUT2D eigenvalue weighted by Gasteiger charge is 2.08. The van der Waals surface area contributed by atoms with Crippen molar-refractivity contribution in [2.24, 2.45) is 0 Å². The Morgan fingerprint density at radius 2 is 2.00 bits per heavy atom. The second-order valence-electron chi connectivity index (χ2n) is 5.20. The first-order valence-electron chi connectivity index (χ1n) is 6.89. The first-order chi connectivity index (χ1) is 10.6. The molecule has 0 fully saturated rings. The SMILES string of the molecule is CN(Cc1cccc(F)c1)Cn1nnc2ccccc2c1=O. The molecule has 2 aromatic carbocycles. The third-order valence-corrected chi connectivity index (χ3v) is 3.35. The molecular formula is C16H15FN4O. The molecular weight excluding hydrogens is 283 g/mol. The van der Waals surface area contributed by atoms with E-state index < -0.39 is 0 Å². The van der Waals surface area contributed by atoms with E-state index in [0.29, 0.717) is 17.4 Å². The maximum Gasteiger partial charge on any atom is 0.278 e. The van der Waals surface area contributed by atoms with Gasteiger partial charge >= 0.3 is 0 Å². The minimum atomic E-state index is -0.270. The van der Waals surface area contributed by atoms with Gasteiger partial charge in [-0.15, -0.1) is 5.10 Å². The van der Waals surface area contributed by atoms with Gasteiger partial charge in [-0.3, -0.25) is 9.69 Å². The van der Waals surface area contributed by atoms with Gasteiger partial charge < -0.3 is 0 Å². The summed E-state index contributed by atoms with van der Waals surface area (Å²) in [5, 5.41) is 8.53. The van der Waals surface area contributed by atoms with Gasteiger partial charge in [0.1, 0.15) is 11.3 Å². The standard InChI is InChI=1S/C16H15FN4O/c1-20(10-12-5-4-6-13(17)9-12)11-21-16(22)14-7-2-3-8-15(14)18-19-21/h2-9H,10-11H2,1H3. The van der Waals surface area contributed by atoms with E-state index in [1.165, 1.54) is 16.8 Å². The molecule has 112 valence electrons. The molecule has 3 aromatic rings. The number of hydrogen-bond acceptors (Lipinski definition) is 4. The van der Waals surface area contributed by atoms with Crippen LogP contribution in [0.4, 0.5) is 4.39 Å². The lowest BCUT2D eigenvalue weighted by atomic mass is 10.2. The largest absolute Gasteiger partial charge is 0.283 e. The summed E-state index contributed by atoms with van der Waals surface area (Å²) in [6, 6.07) is 13.5. The lowest BCUT2D eigenvalue weighted by Crippen LogP contribution is -2.32. The number of rotatable bonds is 4. The number of aromatic nitrogens is 3. The van der Waals surface area contributed by atoms with Crippen LogP contribution in [0.3, 0.4) is 0 Å². The summed E-state index contributed by atoms with van der Waals surface area (Å²) < 4.78 is 14.5. The van der Waals surface area contributed by atoms with E-state index in [-0.39, 0.29) is 18.0 Å². The topological polar surface area (TPSA) is 51.0 Å². The normalized spacial score (nSPS) is 11.2. The predicted molar refractivity (Wildman–Crippen MR) is 81.7 cm³/mol. The Morgan fingerprint density at radius 1 is 1.18 bits per heavy atom. The summed E-state index contributed by atoms with van der Waals surface area (Å²) in [6.07, 6.45) is 0. The van der Waals surface area contributed by atoms with Gasteiger partial charge in [0.15, 0.2) is 0 Å². The van der Waals surface area contributed by atoms with Crippen LogP contribution in [0.5, 0.6) is 0 Å². The summed E-state index contributed by atoms with van der Waals surface area (Å²) in [5.74, 6) is -0.270. The van der Waals surface area contributed by atoms with Crippen molar-refractivity contribution in [2.45, 2.75) is 13.2 Å². The summed E-state index contributed by atoms with van der Waals surface area (Å²) in [4.78, 5) is 14.2. The van der Waals surface area contributed by atoms with Crippen molar-refractivity contribution in [3.8, 4) is 0 Å². The van der Waals surface area contributed by atoms with E-state index in [1.54, 1.807) is 24.3 Å². The van der Waals surface area contributed by atoms with Crippen LogP contribution in [-0.2, 0) is 13.2 Å². The van der Waals surface area contributed by atoms with Crippen LogP contribution in [0, 0.1) is 5.82 Å². The molecule has 1 heterocycles. The molecule has 6 heteroatoms. The Balaban J connectivity index is 1.81. The monoisotopic (exact) mass is 298 g/mol. The van der Waals surface area contributed by atoms with E-state index in [4.69, 9.17) is 0 Å². The molecule has 1 aromatic heterocycles. The van der Waals surface area contributed by atoms with E-state index in [0.717, 1.165) is 5.56 Å². The molecule has 0 saturated carbocycles. The fraction of sp³-hybridized carbons (Fsp3) is 0.188. The van der Waals surface area contributed by atoms with Crippen molar-refractivity contribution >= 4 is 10.9 Å². The van der Waals surface area contributed by atoms with Gasteiger partial charge in [0, 0.05) is 6.54 Å². The van der Waals surface area contributed by atoms with Crippen molar-refractivity contribution < 1.29 is 4.39 Å². The highest BCUT2D eigenvalue weighted by atomic mass is 19.1. The fourth-order valence-corrected chi connectivity index (χ4v) is 2.34. The van der Waals surface area contributed by atoms with Crippen molar-refractivity contribution in [1.82, 2.24) is 19.9 Å². The van der Waals surface area contributed by atoms with Crippen LogP contribution in [0.1, 0.15) is 5.56 Å². The molecule has 0 bridgehead atoms. The highest BCUT2D eigenvalue weighted by molar-refractivity contribution is 5.76. The van der Waals surface area contributed by atoms with E-state index >= 15 is 0 Å². The first-order valence-corrected chi connectivity index (χ1v) is 6.89. The van der Waals surface area contributed by atoms with Gasteiger partial charge in [-0.25, -0.2) is 4.39 Å². The summed E-state index contributed by atoms with van der Waals surface area (Å²) >= 11 is 0. The van der Waals surface area contributed by atoms with E-state index in [1.807, 2.05) is 24.1 Å². The molecule has 0 aliphatic rings. The zero-order valence-electron chi connectivity index (χ0n) is 12.1. The number of hydrogen-bond donors (Lipinski definition) is 0. The lowest BCUT2D eigenvalue weighted by Gasteiger charge is -2.17. The van der Waals surface area contributed by atoms with Gasteiger partial charge in [0.2, 0.25) is 0 Å². The Kier molecular flexibility index (Phi) is 3.93. The third kappa shape index (κ3) is 3.01. The molecule has 0 aliphatic carbocycles. The second-order valence-corrected chi connectivity index (χ2v) is 5.20. The van der Waals surface area contributed by atoms with Gasteiger partial charge in [0.25, 0.3) is 5.56 Å². The highest BCUT2D eigenvalue weighted by Crippen LogP contribution is 2.07. The average Bonchev–Trinajstić information content (AvgIpc) is 2.50. The first kappa shape index (κ1) is 14.3. The lowest BCUT2D eigenvalue weighted by molar-refractivity contribution is 0.236. The van der Waals surface area contributed by atoms with Crippen molar-refractivity contribution in [2.75, 3.05) is 7.05 Å². The van der Waals surface area contributed by atoms with Crippen LogP contribution in [0.2, 0.25) is 0 Å². The maximum absolute atomic E-state index is 13.2. The van der Waals surface area contributed by atoms with Crippen LogP contribution >= 0.6 is 0 Å². The zero-order chi connectivity index (χ0) is 15.5. The zero-order valence-corrected chi connectivity index (χ0v) is 12.1. The number of benzene rings is 2. The molecule has 0 aliphatic heterocycles. The Labute approximate surface area is 126 Å². The van der Waals surface area contributed by atoms with Crippen molar-refractivity contribution in [1.29, 1.82) is 0 Å².